The lowest BCUT2D eigenvalue weighted by atomic mass is 9.91. The van der Waals surface area contributed by atoms with Gasteiger partial charge in [-0.1, -0.05) is 0 Å². The molecule has 5 nitrogen and oxygen atoms in total. The monoisotopic (exact) mass is 271 g/mol. The number of primary amides is 1. The smallest absolute Gasteiger partial charge is 0.248 e. The van der Waals surface area contributed by atoms with Crippen molar-refractivity contribution >= 4 is 22.7 Å². The summed E-state index contributed by atoms with van der Waals surface area (Å²) in [5.74, 6) is -0.424. The number of carbonyl (C=O) groups excluding carboxylic acids is 2. The lowest BCUT2D eigenvalue weighted by molar-refractivity contribution is -0.119. The predicted octanol–water partition coefficient (Wildman–Crippen LogP) is 1.26. The van der Waals surface area contributed by atoms with Crippen LogP contribution in [0.25, 0.3) is 10.9 Å². The van der Waals surface area contributed by atoms with E-state index in [0.29, 0.717) is 5.56 Å². The number of nitrogens with two attached hydrogens (primary N) is 1. The molecule has 0 fully saturated rings. The van der Waals surface area contributed by atoms with E-state index in [0.717, 1.165) is 30.2 Å². The van der Waals surface area contributed by atoms with E-state index >= 15 is 0 Å². The Morgan fingerprint density at radius 2 is 2.20 bits per heavy atom. The summed E-state index contributed by atoms with van der Waals surface area (Å²) in [4.78, 5) is 25.9. The van der Waals surface area contributed by atoms with Gasteiger partial charge in [-0.15, -0.1) is 0 Å². The van der Waals surface area contributed by atoms with E-state index in [1.54, 1.807) is 6.07 Å². The van der Waals surface area contributed by atoms with E-state index in [-0.39, 0.29) is 11.9 Å². The topological polar surface area (TPSA) is 88.0 Å². The Kier molecular flexibility index (Phi) is 2.97. The highest BCUT2D eigenvalue weighted by atomic mass is 16.1. The highest BCUT2D eigenvalue weighted by Gasteiger charge is 2.23. The molecule has 5 heteroatoms. The molecule has 2 amide bonds. The van der Waals surface area contributed by atoms with Crippen molar-refractivity contribution in [2.75, 3.05) is 0 Å². The van der Waals surface area contributed by atoms with Gasteiger partial charge in [-0.25, -0.2) is 0 Å². The van der Waals surface area contributed by atoms with Gasteiger partial charge in [0.15, 0.2) is 0 Å². The Morgan fingerprint density at radius 3 is 2.90 bits per heavy atom. The number of fused-ring (bicyclic) bond motifs is 3. The number of benzene rings is 1. The van der Waals surface area contributed by atoms with Crippen molar-refractivity contribution < 1.29 is 9.59 Å². The summed E-state index contributed by atoms with van der Waals surface area (Å²) in [7, 11) is 0. The summed E-state index contributed by atoms with van der Waals surface area (Å²) >= 11 is 0. The fourth-order valence-electron chi connectivity index (χ4n) is 2.98. The van der Waals surface area contributed by atoms with Crippen molar-refractivity contribution in [2.45, 2.75) is 32.2 Å². The number of hydrogen-bond donors (Lipinski definition) is 3. The lowest BCUT2D eigenvalue weighted by Crippen LogP contribution is -2.37. The largest absolute Gasteiger partial charge is 0.366 e. The zero-order valence-corrected chi connectivity index (χ0v) is 11.3. The highest BCUT2D eigenvalue weighted by molar-refractivity contribution is 5.98. The summed E-state index contributed by atoms with van der Waals surface area (Å²) in [6.45, 7) is 1.54. The van der Waals surface area contributed by atoms with Gasteiger partial charge in [-0.05, 0) is 43.0 Å². The number of H-pyrrole nitrogens is 1. The first-order chi connectivity index (χ1) is 9.54. The van der Waals surface area contributed by atoms with Gasteiger partial charge in [-0.3, -0.25) is 9.59 Å². The van der Waals surface area contributed by atoms with Gasteiger partial charge in [-0.2, -0.15) is 0 Å². The molecule has 4 N–H and O–H groups in total. The lowest BCUT2D eigenvalue weighted by Gasteiger charge is -2.23. The molecule has 0 unspecified atom stereocenters. The van der Waals surface area contributed by atoms with Crippen LogP contribution < -0.4 is 11.1 Å². The van der Waals surface area contributed by atoms with Crippen LogP contribution in [0.15, 0.2) is 18.2 Å². The molecule has 20 heavy (non-hydrogen) atoms. The van der Waals surface area contributed by atoms with E-state index in [9.17, 15) is 9.59 Å². The fourth-order valence-corrected chi connectivity index (χ4v) is 2.98. The Bertz CT molecular complexity index is 702. The molecule has 0 saturated heterocycles. The van der Waals surface area contributed by atoms with Crippen LogP contribution >= 0.6 is 0 Å². The number of aromatic amines is 1. The third kappa shape index (κ3) is 2.15. The second-order valence-corrected chi connectivity index (χ2v) is 5.35. The van der Waals surface area contributed by atoms with Crippen LogP contribution in [0.1, 0.15) is 35.0 Å². The maximum absolute atomic E-state index is 11.3. The van der Waals surface area contributed by atoms with E-state index in [4.69, 9.17) is 5.73 Å². The average Bonchev–Trinajstić information content (AvgIpc) is 2.75. The Labute approximate surface area is 116 Å². The predicted molar refractivity (Wildman–Crippen MR) is 76.4 cm³/mol. The van der Waals surface area contributed by atoms with Gasteiger partial charge in [0.25, 0.3) is 0 Å². The molecule has 1 aliphatic rings. The van der Waals surface area contributed by atoms with Gasteiger partial charge in [0.1, 0.15) is 0 Å². The second-order valence-electron chi connectivity index (χ2n) is 5.35. The SMILES string of the molecule is CC(=O)N[C@@H]1CCc2[nH]c3ccc(C(N)=O)cc3c2C1. The van der Waals surface area contributed by atoms with Crippen molar-refractivity contribution in [3.8, 4) is 0 Å². The highest BCUT2D eigenvalue weighted by Crippen LogP contribution is 2.29. The first-order valence-electron chi connectivity index (χ1n) is 6.75. The maximum Gasteiger partial charge on any atom is 0.248 e. The Hall–Kier alpha value is -2.30. The minimum absolute atomic E-state index is 0.00360. The van der Waals surface area contributed by atoms with Gasteiger partial charge < -0.3 is 16.0 Å². The van der Waals surface area contributed by atoms with Gasteiger partial charge in [0.2, 0.25) is 11.8 Å². The standard InChI is InChI=1S/C15H17N3O2/c1-8(19)17-10-3-5-14-12(7-10)11-6-9(15(16)20)2-4-13(11)18-14/h2,4,6,10,18H,3,5,7H2,1H3,(H2,16,20)(H,17,19)/t10-/m1/s1. The third-order valence-electron chi connectivity index (χ3n) is 3.88. The molecule has 1 aromatic carbocycles. The van der Waals surface area contributed by atoms with Gasteiger partial charge >= 0.3 is 0 Å². The second kappa shape index (κ2) is 4.67. The number of aromatic nitrogens is 1. The molecule has 104 valence electrons. The van der Waals surface area contributed by atoms with Crippen LogP contribution in [-0.2, 0) is 17.6 Å². The van der Waals surface area contributed by atoms with E-state index < -0.39 is 5.91 Å². The van der Waals surface area contributed by atoms with Crippen LogP contribution in [0.2, 0.25) is 0 Å². The molecule has 1 atom stereocenters. The summed E-state index contributed by atoms with van der Waals surface area (Å²) in [6, 6.07) is 5.62. The summed E-state index contributed by atoms with van der Waals surface area (Å²) in [5.41, 5.74) is 9.25. The number of aryl methyl sites for hydroxylation is 1. The third-order valence-corrected chi connectivity index (χ3v) is 3.88. The first-order valence-corrected chi connectivity index (χ1v) is 6.75. The Morgan fingerprint density at radius 1 is 1.40 bits per heavy atom. The zero-order valence-electron chi connectivity index (χ0n) is 11.3. The molecule has 0 radical (unpaired) electrons. The summed E-state index contributed by atoms with van der Waals surface area (Å²) in [5, 5.41) is 4.00. The summed E-state index contributed by atoms with van der Waals surface area (Å²) < 4.78 is 0. The molecule has 1 heterocycles. The maximum atomic E-state index is 11.3. The zero-order chi connectivity index (χ0) is 14.3. The van der Waals surface area contributed by atoms with Gasteiger partial charge in [0.05, 0.1) is 0 Å². The molecule has 1 aliphatic carbocycles. The van der Waals surface area contributed by atoms with E-state index in [1.807, 2.05) is 12.1 Å². The molecule has 0 saturated carbocycles. The van der Waals surface area contributed by atoms with Crippen molar-refractivity contribution in [1.29, 1.82) is 0 Å². The van der Waals surface area contributed by atoms with Crippen molar-refractivity contribution in [3.05, 3.63) is 35.0 Å². The van der Waals surface area contributed by atoms with Crippen LogP contribution in [0.3, 0.4) is 0 Å². The number of nitrogens with one attached hydrogen (secondary N) is 2. The van der Waals surface area contributed by atoms with Crippen LogP contribution in [0.5, 0.6) is 0 Å². The first kappa shape index (κ1) is 12.7. The minimum atomic E-state index is -0.420. The van der Waals surface area contributed by atoms with Crippen molar-refractivity contribution in [3.63, 3.8) is 0 Å². The normalized spacial score (nSPS) is 17.8. The minimum Gasteiger partial charge on any atom is -0.366 e. The van der Waals surface area contributed by atoms with Crippen LogP contribution in [-0.4, -0.2) is 22.8 Å². The fraction of sp³-hybridized carbons (Fsp3) is 0.333. The Balaban J connectivity index is 2.02. The number of rotatable bonds is 2. The van der Waals surface area contributed by atoms with E-state index in [2.05, 4.69) is 10.3 Å². The van der Waals surface area contributed by atoms with E-state index in [1.165, 1.54) is 18.2 Å². The molecular formula is C15H17N3O2. The summed E-state index contributed by atoms with van der Waals surface area (Å²) in [6.07, 6.45) is 2.63. The number of hydrogen-bond acceptors (Lipinski definition) is 2. The van der Waals surface area contributed by atoms with Crippen molar-refractivity contribution in [2.24, 2.45) is 5.73 Å². The molecule has 0 spiro atoms. The number of carbonyl (C=O) groups is 2. The molecule has 0 aliphatic heterocycles. The molecule has 1 aromatic heterocycles. The molecule has 2 aromatic rings. The van der Waals surface area contributed by atoms with Crippen LogP contribution in [0.4, 0.5) is 0 Å². The van der Waals surface area contributed by atoms with Crippen molar-refractivity contribution in [1.82, 2.24) is 10.3 Å². The molecule has 0 bridgehead atoms. The quantitative estimate of drug-likeness (QED) is 0.767. The number of amides is 2. The molecular weight excluding hydrogens is 254 g/mol. The average molecular weight is 271 g/mol. The molecule has 3 rings (SSSR count). The van der Waals surface area contributed by atoms with Gasteiger partial charge in [0, 0.05) is 35.1 Å². The van der Waals surface area contributed by atoms with Crippen LogP contribution in [0, 0.1) is 0 Å².